The molecule has 0 fully saturated rings. The van der Waals surface area contributed by atoms with Crippen molar-refractivity contribution >= 4 is 34.1 Å². The molecule has 0 heterocycles. The Labute approximate surface area is 418 Å². The Morgan fingerprint density at radius 1 is 0.225 bits per heavy atom. The van der Waals surface area contributed by atoms with Gasteiger partial charge in [0.15, 0.2) is 0 Å². The molecule has 2 nitrogen and oxygen atoms in total. The van der Waals surface area contributed by atoms with Crippen LogP contribution in [0.15, 0.2) is 279 Å². The van der Waals surface area contributed by atoms with Crippen LogP contribution in [0.1, 0.15) is 25.0 Å². The fourth-order valence-corrected chi connectivity index (χ4v) is 10.8. The van der Waals surface area contributed by atoms with Crippen LogP contribution >= 0.6 is 0 Å². The molecule has 0 bridgehead atoms. The van der Waals surface area contributed by atoms with E-state index in [1.165, 1.54) is 61.2 Å². The second-order valence-corrected chi connectivity index (χ2v) is 18.9. The second-order valence-electron chi connectivity index (χ2n) is 18.9. The third-order valence-electron chi connectivity index (χ3n) is 14.2. The van der Waals surface area contributed by atoms with Crippen LogP contribution in [0, 0.1) is 0 Å². The molecule has 338 valence electrons. The minimum absolute atomic E-state index is 0.176. The molecule has 12 rings (SSSR count). The third-order valence-corrected chi connectivity index (χ3v) is 14.2. The van der Waals surface area contributed by atoms with Crippen molar-refractivity contribution in [2.24, 2.45) is 0 Å². The molecule has 1 aliphatic carbocycles. The maximum atomic E-state index is 2.46. The first kappa shape index (κ1) is 43.3. The summed E-state index contributed by atoms with van der Waals surface area (Å²) in [5.41, 5.74) is 23.3. The summed E-state index contributed by atoms with van der Waals surface area (Å²) < 4.78 is 0. The standard InChI is InChI=1S/C69H52N2/c1-69(2)66-37-19-18-34-64(66)65-43-42-59(48-67(65)69)71(58-40-38-50(39-41-58)49-22-8-3-9-23-49)61-46-55(45-60(47-61)70(56-30-14-6-15-31-56)57-32-16-7-17-33-57)53-28-20-29-54(44-53)68-62(51-24-10-4-11-25-51)35-21-36-63(68)52-26-12-5-13-27-52/h3-48H,1-2H3. The Morgan fingerprint density at radius 3 is 1.23 bits per heavy atom. The number of para-hydroxylation sites is 2. The van der Waals surface area contributed by atoms with Crippen LogP contribution in [-0.2, 0) is 5.41 Å². The molecule has 0 spiro atoms. The monoisotopic (exact) mass is 908 g/mol. The lowest BCUT2D eigenvalue weighted by atomic mass is 9.82. The van der Waals surface area contributed by atoms with Crippen LogP contribution < -0.4 is 9.80 Å². The molecule has 0 saturated heterocycles. The minimum atomic E-state index is -0.176. The van der Waals surface area contributed by atoms with Gasteiger partial charge >= 0.3 is 0 Å². The van der Waals surface area contributed by atoms with Gasteiger partial charge in [-0.15, -0.1) is 0 Å². The van der Waals surface area contributed by atoms with E-state index >= 15 is 0 Å². The molecule has 0 radical (unpaired) electrons. The molecule has 11 aromatic rings. The highest BCUT2D eigenvalue weighted by atomic mass is 15.2. The molecule has 0 saturated carbocycles. The summed E-state index contributed by atoms with van der Waals surface area (Å²) >= 11 is 0. The molecule has 2 heteroatoms. The van der Waals surface area contributed by atoms with Crippen LogP contribution in [0.25, 0.3) is 66.8 Å². The summed E-state index contributed by atoms with van der Waals surface area (Å²) in [4.78, 5) is 4.84. The predicted octanol–water partition coefficient (Wildman–Crippen LogP) is 19.3. The van der Waals surface area contributed by atoms with E-state index in [0.29, 0.717) is 0 Å². The molecule has 0 N–H and O–H groups in total. The summed E-state index contributed by atoms with van der Waals surface area (Å²) in [5, 5.41) is 0. The zero-order valence-corrected chi connectivity index (χ0v) is 40.0. The molecular weight excluding hydrogens is 857 g/mol. The van der Waals surface area contributed by atoms with Crippen molar-refractivity contribution in [2.45, 2.75) is 19.3 Å². The molecule has 0 amide bonds. The maximum Gasteiger partial charge on any atom is 0.0488 e. The van der Waals surface area contributed by atoms with Gasteiger partial charge in [0.1, 0.15) is 0 Å². The van der Waals surface area contributed by atoms with Gasteiger partial charge in [0.25, 0.3) is 0 Å². The van der Waals surface area contributed by atoms with Crippen molar-refractivity contribution in [2.75, 3.05) is 9.80 Å². The first-order valence-electron chi connectivity index (χ1n) is 24.6. The number of rotatable bonds is 11. The lowest BCUT2D eigenvalue weighted by Crippen LogP contribution is -2.17. The topological polar surface area (TPSA) is 6.48 Å². The van der Waals surface area contributed by atoms with Crippen LogP contribution in [0.3, 0.4) is 0 Å². The Kier molecular flexibility index (Phi) is 11.3. The maximum absolute atomic E-state index is 2.46. The van der Waals surface area contributed by atoms with Crippen LogP contribution in [0.4, 0.5) is 34.1 Å². The van der Waals surface area contributed by atoms with Gasteiger partial charge in [0.05, 0.1) is 0 Å². The fourth-order valence-electron chi connectivity index (χ4n) is 10.8. The first-order chi connectivity index (χ1) is 35.0. The van der Waals surface area contributed by atoms with Crippen molar-refractivity contribution in [3.63, 3.8) is 0 Å². The van der Waals surface area contributed by atoms with E-state index in [4.69, 9.17) is 0 Å². The van der Waals surface area contributed by atoms with Gasteiger partial charge in [-0.1, -0.05) is 220 Å². The third kappa shape index (κ3) is 8.20. The number of anilines is 6. The van der Waals surface area contributed by atoms with E-state index in [9.17, 15) is 0 Å². The van der Waals surface area contributed by atoms with Gasteiger partial charge in [-0.2, -0.15) is 0 Å². The Morgan fingerprint density at radius 2 is 0.634 bits per heavy atom. The van der Waals surface area contributed by atoms with E-state index in [-0.39, 0.29) is 5.41 Å². The highest BCUT2D eigenvalue weighted by Gasteiger charge is 2.36. The summed E-state index contributed by atoms with van der Waals surface area (Å²) in [6.45, 7) is 4.73. The highest BCUT2D eigenvalue weighted by Crippen LogP contribution is 2.52. The van der Waals surface area contributed by atoms with Gasteiger partial charge in [0, 0.05) is 39.5 Å². The second kappa shape index (κ2) is 18.5. The molecule has 0 unspecified atom stereocenters. The van der Waals surface area contributed by atoms with Crippen LogP contribution in [-0.4, -0.2) is 0 Å². The normalized spacial score (nSPS) is 12.2. The summed E-state index contributed by atoms with van der Waals surface area (Å²) in [5.74, 6) is 0. The largest absolute Gasteiger partial charge is 0.310 e. The number of hydrogen-bond acceptors (Lipinski definition) is 2. The average Bonchev–Trinajstić information content (AvgIpc) is 3.67. The van der Waals surface area contributed by atoms with Crippen molar-refractivity contribution in [1.82, 2.24) is 0 Å². The van der Waals surface area contributed by atoms with E-state index in [1.54, 1.807) is 0 Å². The van der Waals surface area contributed by atoms with Crippen molar-refractivity contribution in [1.29, 1.82) is 0 Å². The summed E-state index contributed by atoms with van der Waals surface area (Å²) in [6, 6.07) is 102. The van der Waals surface area contributed by atoms with Crippen molar-refractivity contribution in [3.8, 4) is 66.8 Å². The molecule has 0 atom stereocenters. The van der Waals surface area contributed by atoms with Crippen molar-refractivity contribution < 1.29 is 0 Å². The van der Waals surface area contributed by atoms with Gasteiger partial charge in [-0.3, -0.25) is 0 Å². The number of hydrogen-bond donors (Lipinski definition) is 0. The first-order valence-corrected chi connectivity index (χ1v) is 24.6. The molecule has 11 aromatic carbocycles. The minimum Gasteiger partial charge on any atom is -0.310 e. The Balaban J connectivity index is 1.10. The van der Waals surface area contributed by atoms with E-state index < -0.39 is 0 Å². The lowest BCUT2D eigenvalue weighted by molar-refractivity contribution is 0.660. The summed E-state index contributed by atoms with van der Waals surface area (Å²) in [7, 11) is 0. The molecule has 71 heavy (non-hydrogen) atoms. The zero-order chi connectivity index (χ0) is 47.7. The average molecular weight is 909 g/mol. The quantitative estimate of drug-likeness (QED) is 0.128. The zero-order valence-electron chi connectivity index (χ0n) is 40.0. The van der Waals surface area contributed by atoms with E-state index in [1.807, 2.05) is 0 Å². The smallest absolute Gasteiger partial charge is 0.0488 e. The number of benzene rings is 11. The predicted molar refractivity (Wildman–Crippen MR) is 301 cm³/mol. The lowest BCUT2D eigenvalue weighted by Gasteiger charge is -2.31. The Hall–Kier alpha value is -8.98. The van der Waals surface area contributed by atoms with Crippen LogP contribution in [0.2, 0.25) is 0 Å². The van der Waals surface area contributed by atoms with Gasteiger partial charge < -0.3 is 9.80 Å². The number of fused-ring (bicyclic) bond motifs is 3. The SMILES string of the molecule is CC1(C)c2ccccc2-c2ccc(N(c3ccc(-c4ccccc4)cc3)c3cc(-c4cccc(-c5c(-c6ccccc6)cccc5-c5ccccc5)c4)cc(N(c4ccccc4)c4ccccc4)c3)cc21. The van der Waals surface area contributed by atoms with Gasteiger partial charge in [0.2, 0.25) is 0 Å². The van der Waals surface area contributed by atoms with Crippen LogP contribution in [0.5, 0.6) is 0 Å². The molecule has 1 aliphatic rings. The van der Waals surface area contributed by atoms with E-state index in [2.05, 4.69) is 303 Å². The molecule has 0 aliphatic heterocycles. The summed E-state index contributed by atoms with van der Waals surface area (Å²) in [6.07, 6.45) is 0. The Bertz CT molecular complexity index is 3540. The highest BCUT2D eigenvalue weighted by molar-refractivity contribution is 5.96. The van der Waals surface area contributed by atoms with Crippen molar-refractivity contribution in [3.05, 3.63) is 290 Å². The van der Waals surface area contributed by atoms with Gasteiger partial charge in [-0.05, 0) is 151 Å². The molecule has 0 aromatic heterocycles. The molecular formula is C69H52N2. The fraction of sp³-hybridized carbons (Fsp3) is 0.0435. The van der Waals surface area contributed by atoms with Gasteiger partial charge in [-0.25, -0.2) is 0 Å². The van der Waals surface area contributed by atoms with E-state index in [0.717, 1.165) is 50.8 Å². The number of nitrogens with zero attached hydrogens (tertiary/aromatic N) is 2.